The maximum absolute atomic E-state index is 13.5. The fourth-order valence-electron chi connectivity index (χ4n) is 4.43. The smallest absolute Gasteiger partial charge is 0.170 e. The van der Waals surface area contributed by atoms with Crippen LogP contribution in [0.25, 0.3) is 0 Å². The predicted molar refractivity (Wildman–Crippen MR) is 72.5 cm³/mol. The minimum Gasteiger partial charge on any atom is -0.170 e. The van der Waals surface area contributed by atoms with Crippen molar-refractivity contribution in [3.05, 3.63) is 0 Å². The second-order valence-electron chi connectivity index (χ2n) is 8.40. The molecule has 0 aliphatic heterocycles. The molecule has 0 saturated heterocycles. The van der Waals surface area contributed by atoms with Gasteiger partial charge < -0.3 is 0 Å². The molecule has 12 heteroatoms. The van der Waals surface area contributed by atoms with Crippen LogP contribution < -0.4 is 0 Å². The zero-order valence-corrected chi connectivity index (χ0v) is 15.2. The van der Waals surface area contributed by atoms with Gasteiger partial charge in [-0.1, -0.05) is 41.5 Å². The maximum Gasteiger partial charge on any atom is 0.401 e. The molecule has 0 atom stereocenters. The summed E-state index contributed by atoms with van der Waals surface area (Å²) in [6.45, 7) is 3.13. The van der Waals surface area contributed by atoms with Crippen molar-refractivity contribution in [3.8, 4) is 0 Å². The van der Waals surface area contributed by atoms with E-state index in [1.807, 2.05) is 0 Å². The zero-order chi connectivity index (χ0) is 22.7. The van der Waals surface area contributed by atoms with Crippen LogP contribution in [-0.4, -0.2) is 24.7 Å². The number of rotatable bonds is 2. The van der Waals surface area contributed by atoms with Gasteiger partial charge in [-0.2, -0.15) is 52.7 Å². The highest BCUT2D eigenvalue weighted by Gasteiger charge is 2.82. The number of halogens is 12. The second kappa shape index (κ2) is 6.60. The third kappa shape index (κ3) is 4.78. The summed E-state index contributed by atoms with van der Waals surface area (Å²) in [4.78, 5) is 0. The van der Waals surface area contributed by atoms with Crippen LogP contribution in [0.3, 0.4) is 0 Å². The third-order valence-electron chi connectivity index (χ3n) is 4.70. The van der Waals surface area contributed by atoms with E-state index in [0.29, 0.717) is 41.5 Å². The summed E-state index contributed by atoms with van der Waals surface area (Å²) in [6, 6.07) is 0. The van der Waals surface area contributed by atoms with Crippen molar-refractivity contribution in [3.63, 3.8) is 0 Å². The molecule has 0 spiro atoms. The first-order chi connectivity index (χ1) is 11.2. The molecule has 0 fully saturated rings. The van der Waals surface area contributed by atoms with E-state index in [1.165, 1.54) is 0 Å². The van der Waals surface area contributed by atoms with Crippen LogP contribution in [0.2, 0.25) is 0 Å². The fraction of sp³-hybridized carbons (Fsp3) is 1.00. The van der Waals surface area contributed by atoms with E-state index in [2.05, 4.69) is 0 Å². The summed E-state index contributed by atoms with van der Waals surface area (Å²) < 4.78 is 161. The van der Waals surface area contributed by atoms with E-state index >= 15 is 0 Å². The number of hydrogen-bond acceptors (Lipinski definition) is 0. The average Bonchev–Trinajstić information content (AvgIpc) is 2.15. The topological polar surface area (TPSA) is 0 Å². The summed E-state index contributed by atoms with van der Waals surface area (Å²) in [5.41, 5.74) is -9.78. The molecule has 0 nitrogen and oxygen atoms in total. The van der Waals surface area contributed by atoms with Crippen LogP contribution in [0.1, 0.15) is 41.5 Å². The first-order valence-corrected chi connectivity index (χ1v) is 7.50. The minimum atomic E-state index is -6.41. The highest BCUT2D eigenvalue weighted by atomic mass is 19.4. The molecule has 0 aliphatic carbocycles. The molecular weight excluding hydrogens is 408 g/mol. The van der Waals surface area contributed by atoms with Gasteiger partial charge >= 0.3 is 24.7 Å². The molecule has 0 aromatic heterocycles. The lowest BCUT2D eigenvalue weighted by Gasteiger charge is -2.61. The van der Waals surface area contributed by atoms with Gasteiger partial charge in [0, 0.05) is 5.41 Å². The minimum absolute atomic E-state index is 0.521. The molecule has 0 unspecified atom stereocenters. The Morgan fingerprint density at radius 2 is 0.519 bits per heavy atom. The maximum atomic E-state index is 13.5. The molecule has 0 bridgehead atoms. The van der Waals surface area contributed by atoms with E-state index in [1.54, 1.807) is 0 Å². The van der Waals surface area contributed by atoms with Crippen LogP contribution in [0, 0.1) is 28.1 Å². The van der Waals surface area contributed by atoms with Gasteiger partial charge in [-0.3, -0.25) is 0 Å². The van der Waals surface area contributed by atoms with Gasteiger partial charge in [-0.15, -0.1) is 0 Å². The Bertz CT molecular complexity index is 428. The Labute approximate surface area is 148 Å². The molecule has 0 radical (unpaired) electrons. The van der Waals surface area contributed by atoms with Gasteiger partial charge in [-0.25, -0.2) is 0 Å². The second-order valence-corrected chi connectivity index (χ2v) is 8.40. The molecule has 0 aromatic carbocycles. The normalized spacial score (nSPS) is 16.4. The Balaban J connectivity index is 7.75. The number of alkyl halides is 12. The molecule has 0 amide bonds. The number of hydrogen-bond donors (Lipinski definition) is 0. The lowest BCUT2D eigenvalue weighted by molar-refractivity contribution is -0.411. The molecule has 0 saturated carbocycles. The van der Waals surface area contributed by atoms with Gasteiger partial charge in [0.05, 0.1) is 0 Å². The fourth-order valence-corrected chi connectivity index (χ4v) is 4.43. The Morgan fingerprint density at radius 3 is 0.593 bits per heavy atom. The first kappa shape index (κ1) is 26.2. The van der Waals surface area contributed by atoms with Crippen molar-refractivity contribution < 1.29 is 52.7 Å². The summed E-state index contributed by atoms with van der Waals surface area (Å²) in [5.74, 6) is -9.74. The van der Waals surface area contributed by atoms with Crippen molar-refractivity contribution in [2.24, 2.45) is 28.1 Å². The molecule has 0 aliphatic rings. The van der Waals surface area contributed by atoms with Crippen LogP contribution in [-0.2, 0) is 0 Å². The van der Waals surface area contributed by atoms with Crippen molar-refractivity contribution in [1.82, 2.24) is 0 Å². The molecule has 0 aromatic rings. The van der Waals surface area contributed by atoms with Crippen molar-refractivity contribution >= 4 is 0 Å². The first-order valence-electron chi connectivity index (χ1n) is 7.50. The largest absolute Gasteiger partial charge is 0.401 e. The van der Waals surface area contributed by atoms with Crippen molar-refractivity contribution in [1.29, 1.82) is 0 Å². The summed E-state index contributed by atoms with van der Waals surface area (Å²) >= 11 is 0. The highest BCUT2D eigenvalue weighted by molar-refractivity contribution is 5.13. The van der Waals surface area contributed by atoms with E-state index in [0.717, 1.165) is 0 Å². The lowest BCUT2D eigenvalue weighted by Crippen LogP contribution is -2.69. The standard InChI is InChI=1S/C15H20F12/c1-9(2,3)11(10(4,5)6,7(12(16,17)18)13(19,20)21)8(14(22,23)24)15(25,26)27/h7-8H,1-6H3. The molecule has 27 heavy (non-hydrogen) atoms. The summed E-state index contributed by atoms with van der Waals surface area (Å²) in [5, 5.41) is 0. The zero-order valence-electron chi connectivity index (χ0n) is 15.2. The lowest BCUT2D eigenvalue weighted by atomic mass is 9.43. The Hall–Kier alpha value is -0.840. The van der Waals surface area contributed by atoms with E-state index in [-0.39, 0.29) is 0 Å². The predicted octanol–water partition coefficient (Wildman–Crippen LogP) is 7.55. The van der Waals surface area contributed by atoms with Gasteiger partial charge in [-0.05, 0) is 10.8 Å². The quantitative estimate of drug-likeness (QED) is 0.399. The Kier molecular flexibility index (Phi) is 6.40. The SMILES string of the molecule is CC(C)(C)C(C(C(F)(F)F)C(F)(F)F)(C(C(F)(F)F)C(F)(F)F)C(C)(C)C. The molecule has 0 N–H and O–H groups in total. The Morgan fingerprint density at radius 1 is 0.370 bits per heavy atom. The van der Waals surface area contributed by atoms with Gasteiger partial charge in [0.25, 0.3) is 0 Å². The van der Waals surface area contributed by atoms with E-state index < -0.39 is 52.8 Å². The molecule has 0 rings (SSSR count). The van der Waals surface area contributed by atoms with Crippen LogP contribution in [0.5, 0.6) is 0 Å². The monoisotopic (exact) mass is 428 g/mol. The van der Waals surface area contributed by atoms with Gasteiger partial charge in [0.2, 0.25) is 0 Å². The summed E-state index contributed by atoms with van der Waals surface area (Å²) in [7, 11) is 0. The highest BCUT2D eigenvalue weighted by Crippen LogP contribution is 2.72. The van der Waals surface area contributed by atoms with Crippen molar-refractivity contribution in [2.45, 2.75) is 66.2 Å². The van der Waals surface area contributed by atoms with E-state index in [9.17, 15) is 52.7 Å². The van der Waals surface area contributed by atoms with Crippen LogP contribution in [0.15, 0.2) is 0 Å². The molecular formula is C15H20F12. The third-order valence-corrected chi connectivity index (χ3v) is 4.70. The van der Waals surface area contributed by atoms with Crippen LogP contribution in [0.4, 0.5) is 52.7 Å². The molecule has 164 valence electrons. The van der Waals surface area contributed by atoms with Gasteiger partial charge in [0.1, 0.15) is 0 Å². The van der Waals surface area contributed by atoms with Gasteiger partial charge in [0.15, 0.2) is 11.8 Å². The van der Waals surface area contributed by atoms with Crippen molar-refractivity contribution in [2.75, 3.05) is 0 Å². The molecule has 0 heterocycles. The van der Waals surface area contributed by atoms with Crippen LogP contribution >= 0.6 is 0 Å². The average molecular weight is 428 g/mol. The summed E-state index contributed by atoms with van der Waals surface area (Å²) in [6.07, 6.45) is -25.6. The van der Waals surface area contributed by atoms with E-state index in [4.69, 9.17) is 0 Å².